The van der Waals surface area contributed by atoms with Crippen LogP contribution in [0.25, 0.3) is 11.4 Å². The number of aromatic nitrogens is 4. The van der Waals surface area contributed by atoms with Crippen molar-refractivity contribution >= 4 is 23.2 Å². The second-order valence-electron chi connectivity index (χ2n) is 7.63. The zero-order valence-electron chi connectivity index (χ0n) is 18.0. The maximum Gasteiger partial charge on any atom is 0.573 e. The van der Waals surface area contributed by atoms with Crippen LogP contribution < -0.4 is 26.4 Å². The predicted octanol–water partition coefficient (Wildman–Crippen LogP) is 2.54. The van der Waals surface area contributed by atoms with Gasteiger partial charge in [0, 0.05) is 25.0 Å². The number of nitrogens with two attached hydrogens (primary N) is 2. The molecule has 14 heteroatoms. The molecule has 1 saturated heterocycles. The van der Waals surface area contributed by atoms with Gasteiger partial charge in [-0.05, 0) is 30.7 Å². The normalized spacial score (nSPS) is 18.3. The third-order valence-electron chi connectivity index (χ3n) is 5.21. The molecule has 1 aliphatic heterocycles. The fourth-order valence-corrected chi connectivity index (χ4v) is 3.53. The molecule has 4 heterocycles. The van der Waals surface area contributed by atoms with E-state index < -0.39 is 30.2 Å². The quantitative estimate of drug-likeness (QED) is 0.458. The first-order valence-electron chi connectivity index (χ1n) is 10.4. The Balaban J connectivity index is 1.62. The monoisotopic (exact) mass is 492 g/mol. The second-order valence-corrected chi connectivity index (χ2v) is 7.63. The van der Waals surface area contributed by atoms with Gasteiger partial charge in [-0.1, -0.05) is 0 Å². The molecule has 0 bridgehead atoms. The van der Waals surface area contributed by atoms with E-state index in [1.54, 1.807) is 17.0 Å². The Hall–Kier alpha value is -4.07. The highest BCUT2D eigenvalue weighted by molar-refractivity contribution is 6.06. The molecule has 0 aliphatic carbocycles. The fourth-order valence-electron chi connectivity index (χ4n) is 3.53. The van der Waals surface area contributed by atoms with Crippen LogP contribution in [0.2, 0.25) is 0 Å². The molecule has 0 spiro atoms. The average Bonchev–Trinajstić information content (AvgIpc) is 2.81. The van der Waals surface area contributed by atoms with Gasteiger partial charge in [0.15, 0.2) is 23.1 Å². The Labute approximate surface area is 196 Å². The van der Waals surface area contributed by atoms with Crippen molar-refractivity contribution in [3.05, 3.63) is 48.5 Å². The first-order valence-corrected chi connectivity index (χ1v) is 10.4. The zero-order valence-corrected chi connectivity index (χ0v) is 18.0. The molecule has 5 N–H and O–H groups in total. The third-order valence-corrected chi connectivity index (χ3v) is 5.21. The summed E-state index contributed by atoms with van der Waals surface area (Å²) in [5, 5.41) is 2.56. The Kier molecular flexibility index (Phi) is 6.64. The largest absolute Gasteiger partial charge is 0.573 e. The molecule has 0 saturated carbocycles. The molecule has 4 rings (SSSR count). The van der Waals surface area contributed by atoms with Crippen LogP contribution in [0.5, 0.6) is 5.75 Å². The van der Waals surface area contributed by atoms with Crippen LogP contribution >= 0.6 is 0 Å². The number of hydrogen-bond acceptors (Lipinski definition) is 9. The molecule has 3 aromatic rings. The number of rotatable bonds is 5. The number of anilines is 3. The smallest absolute Gasteiger partial charge is 0.403 e. The van der Waals surface area contributed by atoms with Crippen molar-refractivity contribution in [3.8, 4) is 17.1 Å². The molecule has 184 valence electrons. The van der Waals surface area contributed by atoms with Crippen LogP contribution in [0, 0.1) is 0 Å². The van der Waals surface area contributed by atoms with Crippen LogP contribution in [0.3, 0.4) is 0 Å². The number of alkyl halides is 4. The summed E-state index contributed by atoms with van der Waals surface area (Å²) in [5.74, 6) is -1.60. The highest BCUT2D eigenvalue weighted by Crippen LogP contribution is 2.32. The van der Waals surface area contributed by atoms with Crippen LogP contribution in [0.4, 0.5) is 34.9 Å². The topological polar surface area (TPSA) is 145 Å². The van der Waals surface area contributed by atoms with E-state index in [1.165, 1.54) is 18.5 Å². The number of piperidine rings is 1. The number of halogens is 4. The van der Waals surface area contributed by atoms with E-state index in [-0.39, 0.29) is 35.3 Å². The summed E-state index contributed by atoms with van der Waals surface area (Å²) in [6.07, 6.45) is -2.07. The first-order chi connectivity index (χ1) is 16.6. The Morgan fingerprint density at radius 1 is 1.17 bits per heavy atom. The molecule has 3 aromatic heterocycles. The Morgan fingerprint density at radius 2 is 1.91 bits per heavy atom. The van der Waals surface area contributed by atoms with Crippen molar-refractivity contribution in [1.82, 2.24) is 19.9 Å². The highest BCUT2D eigenvalue weighted by atomic mass is 19.4. The van der Waals surface area contributed by atoms with Crippen molar-refractivity contribution in [2.24, 2.45) is 5.73 Å². The number of amides is 1. The lowest BCUT2D eigenvalue weighted by Gasteiger charge is -2.35. The summed E-state index contributed by atoms with van der Waals surface area (Å²) < 4.78 is 56.5. The van der Waals surface area contributed by atoms with Gasteiger partial charge in [0.2, 0.25) is 0 Å². The van der Waals surface area contributed by atoms with E-state index in [9.17, 15) is 22.4 Å². The molecule has 1 amide bonds. The number of pyridine rings is 2. The van der Waals surface area contributed by atoms with E-state index in [2.05, 4.69) is 30.0 Å². The summed E-state index contributed by atoms with van der Waals surface area (Å²) in [5.41, 5.74) is 11.2. The molecule has 35 heavy (non-hydrogen) atoms. The standard InChI is InChI=1S/C21H20F4N8O2/c22-11-10-33(8-5-12(11)26)14-3-1-7-29-19(14)32-20(34)17-18(27)30-9-13(31-17)16-15(4-2-6-28-16)35-21(23,24)25/h1-4,6-7,9,11-12H,5,8,10,26H2,(H2,27,30)(H,29,32,34)/t11-,12+/m1/s1. The average molecular weight is 492 g/mol. The fraction of sp³-hybridized carbons (Fsp3) is 0.286. The maximum absolute atomic E-state index is 14.2. The minimum absolute atomic E-state index is 0.0226. The highest BCUT2D eigenvalue weighted by Gasteiger charge is 2.33. The van der Waals surface area contributed by atoms with Gasteiger partial charge in [-0.25, -0.2) is 19.3 Å². The number of nitrogens with zero attached hydrogens (tertiary/aromatic N) is 5. The molecule has 0 radical (unpaired) electrons. The lowest BCUT2D eigenvalue weighted by Crippen LogP contribution is -2.48. The van der Waals surface area contributed by atoms with Crippen LogP contribution in [0.1, 0.15) is 16.9 Å². The van der Waals surface area contributed by atoms with Crippen molar-refractivity contribution in [2.75, 3.05) is 29.0 Å². The number of nitrogens with one attached hydrogen (secondary N) is 1. The van der Waals surface area contributed by atoms with Gasteiger partial charge in [-0.2, -0.15) is 0 Å². The van der Waals surface area contributed by atoms with Gasteiger partial charge >= 0.3 is 6.36 Å². The summed E-state index contributed by atoms with van der Waals surface area (Å²) in [4.78, 5) is 30.7. The maximum atomic E-state index is 14.2. The molecular weight excluding hydrogens is 472 g/mol. The summed E-state index contributed by atoms with van der Waals surface area (Å²) in [6.45, 7) is 0.476. The zero-order chi connectivity index (χ0) is 25.2. The molecule has 0 aromatic carbocycles. The van der Waals surface area contributed by atoms with Crippen molar-refractivity contribution < 1.29 is 27.1 Å². The Bertz CT molecular complexity index is 1230. The van der Waals surface area contributed by atoms with Crippen LogP contribution in [0.15, 0.2) is 42.9 Å². The SMILES string of the molecule is Nc1ncc(-c2ncccc2OC(F)(F)F)nc1C(=O)Nc1ncccc1N1CC[C@H](N)[C@H](F)C1. The number of ether oxygens (including phenoxy) is 1. The minimum atomic E-state index is -4.97. The number of nitrogen functional groups attached to an aromatic ring is 1. The van der Waals surface area contributed by atoms with E-state index in [0.29, 0.717) is 18.7 Å². The Morgan fingerprint density at radius 3 is 2.66 bits per heavy atom. The summed E-state index contributed by atoms with van der Waals surface area (Å²) >= 11 is 0. The molecule has 10 nitrogen and oxygen atoms in total. The summed E-state index contributed by atoms with van der Waals surface area (Å²) in [7, 11) is 0. The minimum Gasteiger partial charge on any atom is -0.403 e. The molecule has 0 unspecified atom stereocenters. The van der Waals surface area contributed by atoms with Gasteiger partial charge < -0.3 is 26.4 Å². The number of carbonyl (C=O) groups excluding carboxylic acids is 1. The van der Waals surface area contributed by atoms with Crippen LogP contribution in [-0.4, -0.2) is 57.5 Å². The molecular formula is C21H20F4N8O2. The second kappa shape index (κ2) is 9.66. The molecule has 1 aliphatic rings. The molecule has 2 atom stereocenters. The lowest BCUT2D eigenvalue weighted by atomic mass is 10.0. The van der Waals surface area contributed by atoms with E-state index in [4.69, 9.17) is 11.5 Å². The van der Waals surface area contributed by atoms with Crippen molar-refractivity contribution in [1.29, 1.82) is 0 Å². The molecule has 1 fully saturated rings. The van der Waals surface area contributed by atoms with Crippen molar-refractivity contribution in [2.45, 2.75) is 25.0 Å². The van der Waals surface area contributed by atoms with Crippen LogP contribution in [-0.2, 0) is 0 Å². The van der Waals surface area contributed by atoms with Gasteiger partial charge in [0.25, 0.3) is 5.91 Å². The van der Waals surface area contributed by atoms with E-state index in [0.717, 1.165) is 12.3 Å². The van der Waals surface area contributed by atoms with Gasteiger partial charge in [0.05, 0.1) is 18.4 Å². The predicted molar refractivity (Wildman–Crippen MR) is 118 cm³/mol. The third kappa shape index (κ3) is 5.54. The number of carbonyl (C=O) groups is 1. The van der Waals surface area contributed by atoms with Gasteiger partial charge in [0.1, 0.15) is 17.6 Å². The summed E-state index contributed by atoms with van der Waals surface area (Å²) in [6, 6.07) is 5.02. The number of hydrogen-bond donors (Lipinski definition) is 3. The van der Waals surface area contributed by atoms with E-state index >= 15 is 0 Å². The van der Waals surface area contributed by atoms with Gasteiger partial charge in [-0.3, -0.25) is 9.78 Å². The van der Waals surface area contributed by atoms with Gasteiger partial charge in [-0.15, -0.1) is 13.2 Å². The van der Waals surface area contributed by atoms with Crippen molar-refractivity contribution in [3.63, 3.8) is 0 Å². The van der Waals surface area contributed by atoms with E-state index in [1.807, 2.05) is 0 Å². The first kappa shape index (κ1) is 24.1. The lowest BCUT2D eigenvalue weighted by molar-refractivity contribution is -0.274.